The lowest BCUT2D eigenvalue weighted by Gasteiger charge is -2.17. The van der Waals surface area contributed by atoms with Crippen LogP contribution in [0.2, 0.25) is 0 Å². The summed E-state index contributed by atoms with van der Waals surface area (Å²) in [5, 5.41) is 12.6. The van der Waals surface area contributed by atoms with Crippen LogP contribution in [0.15, 0.2) is 59.0 Å². The average Bonchev–Trinajstić information content (AvgIpc) is 3.15. The van der Waals surface area contributed by atoms with Gasteiger partial charge in [-0.25, -0.2) is 0 Å². The number of carbonyl (C=O) groups is 1. The fourth-order valence-electron chi connectivity index (χ4n) is 2.58. The van der Waals surface area contributed by atoms with Crippen LogP contribution in [-0.2, 0) is 0 Å². The van der Waals surface area contributed by atoms with Gasteiger partial charge in [0, 0.05) is 10.9 Å². The second kappa shape index (κ2) is 8.66. The fourth-order valence-corrected chi connectivity index (χ4v) is 2.71. The van der Waals surface area contributed by atoms with Gasteiger partial charge in [0.15, 0.2) is 5.76 Å². The van der Waals surface area contributed by atoms with E-state index in [-0.39, 0.29) is 22.7 Å². The molecule has 2 aromatic carbocycles. The van der Waals surface area contributed by atoms with Gasteiger partial charge >= 0.3 is 0 Å². The number of hydroxylamine groups is 1. The van der Waals surface area contributed by atoms with Crippen molar-refractivity contribution >= 4 is 34.1 Å². The molecule has 3 rings (SSSR count). The second-order valence-corrected chi connectivity index (χ2v) is 6.41. The zero-order valence-corrected chi connectivity index (χ0v) is 15.6. The molecule has 140 valence electrons. The highest BCUT2D eigenvalue weighted by Crippen LogP contribution is 2.19. The summed E-state index contributed by atoms with van der Waals surface area (Å²) in [6, 6.07) is 16.1. The van der Waals surface area contributed by atoms with Gasteiger partial charge in [-0.1, -0.05) is 37.3 Å². The molecular formula is C20H20N2O4S. The van der Waals surface area contributed by atoms with Gasteiger partial charge in [-0.3, -0.25) is 15.5 Å². The van der Waals surface area contributed by atoms with Crippen molar-refractivity contribution in [3.05, 3.63) is 65.9 Å². The van der Waals surface area contributed by atoms with E-state index in [1.807, 2.05) is 36.7 Å². The van der Waals surface area contributed by atoms with Gasteiger partial charge in [-0.05, 0) is 42.8 Å². The first kappa shape index (κ1) is 18.9. The van der Waals surface area contributed by atoms with Crippen LogP contribution in [0.3, 0.4) is 0 Å². The van der Waals surface area contributed by atoms with Crippen molar-refractivity contribution in [2.75, 3.05) is 6.61 Å². The highest BCUT2D eigenvalue weighted by atomic mass is 32.1. The molecule has 6 nitrogen and oxygen atoms in total. The Kier molecular flexibility index (Phi) is 6.05. The maximum atomic E-state index is 12.4. The Morgan fingerprint density at radius 2 is 1.96 bits per heavy atom. The van der Waals surface area contributed by atoms with Gasteiger partial charge in [0.1, 0.15) is 22.9 Å². The smallest absolute Gasteiger partial charge is 0.287 e. The number of benzene rings is 2. The highest BCUT2D eigenvalue weighted by Gasteiger charge is 2.16. The van der Waals surface area contributed by atoms with Crippen molar-refractivity contribution < 1.29 is 19.2 Å². The molecule has 0 saturated carbocycles. The van der Waals surface area contributed by atoms with E-state index in [0.717, 1.165) is 5.39 Å². The van der Waals surface area contributed by atoms with Crippen molar-refractivity contribution in [1.29, 1.82) is 0 Å². The predicted molar refractivity (Wildman–Crippen MR) is 106 cm³/mol. The number of rotatable bonds is 7. The number of furan rings is 1. The first-order chi connectivity index (χ1) is 13.1. The van der Waals surface area contributed by atoms with Crippen LogP contribution >= 0.6 is 12.2 Å². The van der Waals surface area contributed by atoms with E-state index in [1.165, 1.54) is 0 Å². The maximum Gasteiger partial charge on any atom is 0.287 e. The number of para-hydroxylation sites is 1. The Bertz CT molecular complexity index is 904. The Balaban J connectivity index is 1.58. The largest absolute Gasteiger partial charge is 0.491 e. The van der Waals surface area contributed by atoms with E-state index >= 15 is 0 Å². The standard InChI is InChI=1S/C20H20N2O4S/c1-2-15(12-25-16-9-7-13(8-10-16)20(27)22-24)21-19(23)18-11-14-5-3-4-6-17(14)26-18/h3-11,15,24H,2,12H2,1H3,(H,21,23)(H,22,27)/t15-/m0/s1. The average molecular weight is 384 g/mol. The molecule has 0 bridgehead atoms. The van der Waals surface area contributed by atoms with E-state index in [1.54, 1.807) is 30.3 Å². The molecule has 3 N–H and O–H groups in total. The molecule has 7 heteroatoms. The zero-order valence-electron chi connectivity index (χ0n) is 14.8. The quantitative estimate of drug-likeness (QED) is 0.426. The van der Waals surface area contributed by atoms with Crippen LogP contribution in [0.4, 0.5) is 0 Å². The number of carbonyl (C=O) groups excluding carboxylic acids is 1. The third-order valence-corrected chi connectivity index (χ3v) is 4.47. The number of amides is 1. The molecule has 27 heavy (non-hydrogen) atoms. The molecule has 3 aromatic rings. The van der Waals surface area contributed by atoms with E-state index in [0.29, 0.717) is 29.9 Å². The molecule has 1 atom stereocenters. The lowest BCUT2D eigenvalue weighted by atomic mass is 10.2. The summed E-state index contributed by atoms with van der Waals surface area (Å²) >= 11 is 4.95. The minimum absolute atomic E-state index is 0.162. The van der Waals surface area contributed by atoms with Gasteiger partial charge < -0.3 is 14.5 Å². The number of hydrogen-bond donors (Lipinski definition) is 3. The molecule has 0 fully saturated rings. The van der Waals surface area contributed by atoms with Crippen molar-refractivity contribution in [3.8, 4) is 5.75 Å². The Hall–Kier alpha value is -2.90. The number of ether oxygens (including phenoxy) is 1. The SMILES string of the molecule is CC[C@@H](COc1ccc(C(=S)NO)cc1)NC(=O)c1cc2ccccc2o1. The lowest BCUT2D eigenvalue weighted by Crippen LogP contribution is -2.38. The van der Waals surface area contributed by atoms with Crippen LogP contribution in [0.1, 0.15) is 29.5 Å². The third-order valence-electron chi connectivity index (χ3n) is 4.15. The van der Waals surface area contributed by atoms with Crippen LogP contribution in [0.5, 0.6) is 5.75 Å². The van der Waals surface area contributed by atoms with E-state index < -0.39 is 0 Å². The summed E-state index contributed by atoms with van der Waals surface area (Å²) in [5.41, 5.74) is 3.31. The first-order valence-electron chi connectivity index (χ1n) is 8.57. The molecule has 1 amide bonds. The summed E-state index contributed by atoms with van der Waals surface area (Å²) in [6.07, 6.45) is 0.711. The van der Waals surface area contributed by atoms with E-state index in [4.69, 9.17) is 26.6 Å². The zero-order chi connectivity index (χ0) is 19.2. The summed E-state index contributed by atoms with van der Waals surface area (Å²) < 4.78 is 11.3. The predicted octanol–water partition coefficient (Wildman–Crippen LogP) is 3.67. The van der Waals surface area contributed by atoms with Crippen molar-refractivity contribution in [3.63, 3.8) is 0 Å². The lowest BCUT2D eigenvalue weighted by molar-refractivity contribution is 0.0894. The minimum Gasteiger partial charge on any atom is -0.491 e. The third kappa shape index (κ3) is 4.64. The van der Waals surface area contributed by atoms with E-state index in [2.05, 4.69) is 5.32 Å². The van der Waals surface area contributed by atoms with Gasteiger partial charge in [-0.15, -0.1) is 0 Å². The number of nitrogens with one attached hydrogen (secondary N) is 2. The van der Waals surface area contributed by atoms with Gasteiger partial charge in [0.2, 0.25) is 0 Å². The summed E-state index contributed by atoms with van der Waals surface area (Å²) in [5.74, 6) is 0.663. The molecule has 1 aromatic heterocycles. The molecule has 1 heterocycles. The molecule has 0 aliphatic carbocycles. The van der Waals surface area contributed by atoms with Gasteiger partial charge in [-0.2, -0.15) is 0 Å². The summed E-state index contributed by atoms with van der Waals surface area (Å²) in [4.78, 5) is 12.7. The molecule has 0 aliphatic rings. The molecular weight excluding hydrogens is 364 g/mol. The summed E-state index contributed by atoms with van der Waals surface area (Å²) in [7, 11) is 0. The first-order valence-corrected chi connectivity index (χ1v) is 8.98. The normalized spacial score (nSPS) is 11.8. The molecule has 0 saturated heterocycles. The van der Waals surface area contributed by atoms with Crippen LogP contribution < -0.4 is 15.5 Å². The van der Waals surface area contributed by atoms with Crippen LogP contribution in [0, 0.1) is 0 Å². The van der Waals surface area contributed by atoms with Gasteiger partial charge in [0.25, 0.3) is 5.91 Å². The molecule has 0 aliphatic heterocycles. The van der Waals surface area contributed by atoms with Crippen molar-refractivity contribution in [2.45, 2.75) is 19.4 Å². The number of thiocarbonyl (C=S) groups is 1. The monoisotopic (exact) mass is 384 g/mol. The fraction of sp³-hybridized carbons (Fsp3) is 0.200. The molecule has 0 spiro atoms. The van der Waals surface area contributed by atoms with E-state index in [9.17, 15) is 4.79 Å². The van der Waals surface area contributed by atoms with Crippen LogP contribution in [0.25, 0.3) is 11.0 Å². The minimum atomic E-state index is -0.267. The summed E-state index contributed by atoms with van der Waals surface area (Å²) in [6.45, 7) is 2.30. The Morgan fingerprint density at radius 1 is 1.22 bits per heavy atom. The van der Waals surface area contributed by atoms with Crippen molar-refractivity contribution in [1.82, 2.24) is 10.8 Å². The van der Waals surface area contributed by atoms with Crippen molar-refractivity contribution in [2.24, 2.45) is 0 Å². The highest BCUT2D eigenvalue weighted by molar-refractivity contribution is 7.80. The van der Waals surface area contributed by atoms with Crippen LogP contribution in [-0.4, -0.2) is 28.8 Å². The number of hydrogen-bond acceptors (Lipinski definition) is 5. The Labute approximate surface area is 162 Å². The molecule has 0 radical (unpaired) electrons. The Morgan fingerprint density at radius 3 is 2.63 bits per heavy atom. The van der Waals surface area contributed by atoms with Gasteiger partial charge in [0.05, 0.1) is 6.04 Å². The topological polar surface area (TPSA) is 83.7 Å². The maximum absolute atomic E-state index is 12.4. The number of fused-ring (bicyclic) bond motifs is 1. The molecule has 0 unspecified atom stereocenters. The second-order valence-electron chi connectivity index (χ2n) is 6.00.